The van der Waals surface area contributed by atoms with Crippen LogP contribution in [-0.4, -0.2) is 41.7 Å². The van der Waals surface area contributed by atoms with Gasteiger partial charge in [0.2, 0.25) is 5.91 Å². The minimum absolute atomic E-state index is 0.0273. The number of allylic oxidation sites excluding steroid dienone is 1. The Morgan fingerprint density at radius 3 is 2.27 bits per heavy atom. The van der Waals surface area contributed by atoms with Crippen molar-refractivity contribution >= 4 is 23.1 Å². The number of ether oxygens (including phenoxy) is 1. The lowest BCUT2D eigenvalue weighted by molar-refractivity contribution is -0.132. The lowest BCUT2D eigenvalue weighted by atomic mass is 10.0. The van der Waals surface area contributed by atoms with Crippen LogP contribution in [0.5, 0.6) is 0 Å². The van der Waals surface area contributed by atoms with Gasteiger partial charge in [-0.15, -0.1) is 6.58 Å². The van der Waals surface area contributed by atoms with E-state index in [2.05, 4.69) is 18.6 Å². The molecule has 0 saturated carbocycles. The summed E-state index contributed by atoms with van der Waals surface area (Å²) in [7, 11) is 0. The molecule has 1 atom stereocenters. The number of nitrogens with zero attached hydrogens (tertiary/aromatic N) is 1. The van der Waals surface area contributed by atoms with Crippen LogP contribution in [-0.2, 0) is 9.53 Å². The Hall–Kier alpha value is -2.42. The number of carbonyl (C=O) groups excluding carboxylic acids is 1. The maximum Gasteiger partial charge on any atom is 0.238 e. The van der Waals surface area contributed by atoms with Gasteiger partial charge in [0.25, 0.3) is 0 Å². The third-order valence-electron chi connectivity index (χ3n) is 3.81. The highest BCUT2D eigenvalue weighted by atomic mass is 32.1. The van der Waals surface area contributed by atoms with Crippen LogP contribution >= 0.6 is 12.2 Å². The Bertz CT molecular complexity index is 750. The van der Waals surface area contributed by atoms with Crippen molar-refractivity contribution in [3.8, 4) is 0 Å². The van der Waals surface area contributed by atoms with E-state index in [1.165, 1.54) is 11.9 Å². The SMILES string of the molecule is C=CCCOCCC(C(=C)/C=C\C)N(NC(=S)c1cc(F)cc(F)c1)C(C)=O.CC.CCN. The van der Waals surface area contributed by atoms with Crippen LogP contribution in [0.4, 0.5) is 8.78 Å². The first kappa shape index (κ1) is 32.8. The standard InChI is InChI=1S/C21H26F2N2O2S.C2H7N.C2H6/c1-5-7-10-27-11-9-20(15(3)8-6-2)25(16(4)26)24-21(28)17-12-18(22)14-19(23)13-17;1-2-3;1-2/h5-6,8,12-14,20H,1,3,7,9-11H2,2,4H3,(H,24,28);2-3H2,1H3;1-2H3/b8-6-;;. The normalized spacial score (nSPS) is 10.8. The first-order valence-electron chi connectivity index (χ1n) is 11.0. The van der Waals surface area contributed by atoms with Gasteiger partial charge >= 0.3 is 0 Å². The number of nitrogens with two attached hydrogens (primary N) is 1. The Labute approximate surface area is 203 Å². The molecule has 0 fully saturated rings. The Morgan fingerprint density at radius 1 is 1.27 bits per heavy atom. The van der Waals surface area contributed by atoms with Crippen molar-refractivity contribution in [2.24, 2.45) is 5.73 Å². The van der Waals surface area contributed by atoms with Gasteiger partial charge in [0.15, 0.2) is 0 Å². The minimum Gasteiger partial charge on any atom is -0.381 e. The highest BCUT2D eigenvalue weighted by Crippen LogP contribution is 2.16. The molecule has 0 heterocycles. The van der Waals surface area contributed by atoms with E-state index in [9.17, 15) is 13.6 Å². The number of rotatable bonds is 10. The number of benzene rings is 1. The molecular weight excluding hydrogens is 444 g/mol. The summed E-state index contributed by atoms with van der Waals surface area (Å²) < 4.78 is 32.5. The van der Waals surface area contributed by atoms with Gasteiger partial charge in [-0.3, -0.25) is 10.2 Å². The molecule has 1 rings (SSSR count). The lowest BCUT2D eigenvalue weighted by Crippen LogP contribution is -2.51. The summed E-state index contributed by atoms with van der Waals surface area (Å²) in [5.41, 5.74) is 8.45. The quantitative estimate of drug-likeness (QED) is 0.152. The zero-order valence-corrected chi connectivity index (χ0v) is 21.3. The van der Waals surface area contributed by atoms with Gasteiger partial charge in [0.05, 0.1) is 6.04 Å². The maximum atomic E-state index is 13.5. The van der Waals surface area contributed by atoms with Crippen LogP contribution in [0, 0.1) is 11.6 Å². The second-order valence-electron chi connectivity index (χ2n) is 6.47. The predicted molar refractivity (Wildman–Crippen MR) is 138 cm³/mol. The zero-order valence-electron chi connectivity index (χ0n) is 20.5. The molecule has 1 unspecified atom stereocenters. The number of amides is 1. The van der Waals surface area contributed by atoms with E-state index in [0.717, 1.165) is 31.2 Å². The van der Waals surface area contributed by atoms with Crippen LogP contribution in [0.15, 0.2) is 55.2 Å². The second kappa shape index (κ2) is 20.2. The van der Waals surface area contributed by atoms with E-state index in [1.54, 1.807) is 12.2 Å². The number of halogens is 2. The highest BCUT2D eigenvalue weighted by molar-refractivity contribution is 7.80. The number of hydrogen-bond acceptors (Lipinski definition) is 4. The monoisotopic (exact) mass is 483 g/mol. The van der Waals surface area contributed by atoms with Gasteiger partial charge < -0.3 is 10.5 Å². The second-order valence-corrected chi connectivity index (χ2v) is 6.87. The molecule has 3 N–H and O–H groups in total. The van der Waals surface area contributed by atoms with E-state index in [1.807, 2.05) is 33.8 Å². The number of thiocarbonyl (C=S) groups is 1. The number of hydrogen-bond donors (Lipinski definition) is 2. The van der Waals surface area contributed by atoms with E-state index in [0.29, 0.717) is 25.2 Å². The molecule has 5 nitrogen and oxygen atoms in total. The largest absolute Gasteiger partial charge is 0.381 e. The Kier molecular flexibility index (Phi) is 20.1. The van der Waals surface area contributed by atoms with Crippen molar-refractivity contribution in [2.75, 3.05) is 19.8 Å². The van der Waals surface area contributed by atoms with Gasteiger partial charge in [0, 0.05) is 31.8 Å². The van der Waals surface area contributed by atoms with Gasteiger partial charge in [-0.2, -0.15) is 0 Å². The van der Waals surface area contributed by atoms with Gasteiger partial charge in [-0.25, -0.2) is 13.8 Å². The fourth-order valence-corrected chi connectivity index (χ4v) is 2.72. The molecule has 1 aromatic rings. The smallest absolute Gasteiger partial charge is 0.238 e. The van der Waals surface area contributed by atoms with Gasteiger partial charge in [-0.05, 0) is 44.0 Å². The van der Waals surface area contributed by atoms with Crippen molar-refractivity contribution in [1.82, 2.24) is 10.4 Å². The molecule has 0 saturated heterocycles. The molecule has 0 aromatic heterocycles. The minimum atomic E-state index is -0.751. The van der Waals surface area contributed by atoms with Crippen LogP contribution in [0.1, 0.15) is 53.0 Å². The molecule has 0 spiro atoms. The average molecular weight is 484 g/mol. The lowest BCUT2D eigenvalue weighted by Gasteiger charge is -2.32. The van der Waals surface area contributed by atoms with Crippen LogP contribution in [0.3, 0.4) is 0 Å². The highest BCUT2D eigenvalue weighted by Gasteiger charge is 2.24. The average Bonchev–Trinajstić information content (AvgIpc) is 2.76. The van der Waals surface area contributed by atoms with Crippen LogP contribution in [0.2, 0.25) is 0 Å². The third kappa shape index (κ3) is 14.4. The molecule has 1 amide bonds. The summed E-state index contributed by atoms with van der Waals surface area (Å²) in [6.07, 6.45) is 6.55. The number of nitrogens with one attached hydrogen (secondary N) is 1. The van der Waals surface area contributed by atoms with Gasteiger partial charge in [-0.1, -0.05) is 57.8 Å². The topological polar surface area (TPSA) is 67.6 Å². The Morgan fingerprint density at radius 2 is 1.82 bits per heavy atom. The van der Waals surface area contributed by atoms with Crippen molar-refractivity contribution in [2.45, 2.75) is 53.5 Å². The fraction of sp³-hybridized carbons (Fsp3) is 0.440. The molecule has 0 aliphatic carbocycles. The molecule has 0 aliphatic heterocycles. The summed E-state index contributed by atoms with van der Waals surface area (Å²) >= 11 is 5.25. The van der Waals surface area contributed by atoms with Crippen LogP contribution < -0.4 is 11.2 Å². The molecule has 0 bridgehead atoms. The summed E-state index contributed by atoms with van der Waals surface area (Å²) in [5.74, 6) is -1.82. The summed E-state index contributed by atoms with van der Waals surface area (Å²) in [4.78, 5) is 12.3. The van der Waals surface area contributed by atoms with E-state index < -0.39 is 17.7 Å². The summed E-state index contributed by atoms with van der Waals surface area (Å²) in [6.45, 7) is 18.4. The fourth-order valence-electron chi connectivity index (χ4n) is 2.50. The predicted octanol–water partition coefficient (Wildman–Crippen LogP) is 5.47. The zero-order chi connectivity index (χ0) is 25.8. The molecular formula is C25H39F2N3O2S. The number of carbonyl (C=O) groups is 1. The van der Waals surface area contributed by atoms with Crippen molar-refractivity contribution in [3.63, 3.8) is 0 Å². The van der Waals surface area contributed by atoms with E-state index >= 15 is 0 Å². The van der Waals surface area contributed by atoms with E-state index in [-0.39, 0.29) is 16.5 Å². The maximum absolute atomic E-state index is 13.5. The van der Waals surface area contributed by atoms with Crippen molar-refractivity contribution < 1.29 is 18.3 Å². The first-order valence-corrected chi connectivity index (χ1v) is 11.4. The molecule has 0 radical (unpaired) electrons. The van der Waals surface area contributed by atoms with E-state index in [4.69, 9.17) is 22.7 Å². The molecule has 1 aromatic carbocycles. The first-order chi connectivity index (χ1) is 15.7. The van der Waals surface area contributed by atoms with Crippen molar-refractivity contribution in [3.05, 3.63) is 72.4 Å². The Balaban J connectivity index is 0. The summed E-state index contributed by atoms with van der Waals surface area (Å²) in [5, 5.41) is 1.31. The molecule has 0 aliphatic rings. The molecule has 186 valence electrons. The van der Waals surface area contributed by atoms with Crippen molar-refractivity contribution in [1.29, 1.82) is 0 Å². The van der Waals surface area contributed by atoms with Gasteiger partial charge in [0.1, 0.15) is 16.6 Å². The number of hydrazine groups is 1. The summed E-state index contributed by atoms with van der Waals surface area (Å²) in [6, 6.07) is 2.51. The third-order valence-corrected chi connectivity index (χ3v) is 4.14. The molecule has 8 heteroatoms. The molecule has 33 heavy (non-hydrogen) atoms. The van der Waals surface area contributed by atoms with Crippen LogP contribution in [0.25, 0.3) is 0 Å².